The minimum atomic E-state index is -3.12. The molecule has 0 radical (unpaired) electrons. The maximum absolute atomic E-state index is 11.6. The average molecular weight is 354 g/mol. The number of nitrogens with zero attached hydrogens (tertiary/aromatic N) is 6. The summed E-state index contributed by atoms with van der Waals surface area (Å²) in [5.74, 6) is 1.67. The normalized spacial score (nSPS) is 21.3. The Bertz CT molecular complexity index is 679. The summed E-state index contributed by atoms with van der Waals surface area (Å²) in [7, 11) is -0.983. The van der Waals surface area contributed by atoms with Crippen LogP contribution in [-0.4, -0.2) is 93.3 Å². The molecule has 134 valence electrons. The molecule has 0 atom stereocenters. The highest BCUT2D eigenvalue weighted by Gasteiger charge is 2.25. The lowest BCUT2D eigenvalue weighted by atomic mass is 10.3. The van der Waals surface area contributed by atoms with Crippen molar-refractivity contribution >= 4 is 21.8 Å². The number of hydrogen-bond donors (Lipinski definition) is 0. The van der Waals surface area contributed by atoms with Crippen LogP contribution in [0, 0.1) is 6.92 Å². The van der Waals surface area contributed by atoms with Crippen LogP contribution in [0.15, 0.2) is 6.07 Å². The maximum Gasteiger partial charge on any atom is 0.227 e. The summed E-state index contributed by atoms with van der Waals surface area (Å²) in [4.78, 5) is 16.0. The van der Waals surface area contributed by atoms with Crippen molar-refractivity contribution in [2.24, 2.45) is 0 Å². The Morgan fingerprint density at radius 1 is 0.917 bits per heavy atom. The van der Waals surface area contributed by atoms with Gasteiger partial charge in [0.2, 0.25) is 16.0 Å². The highest BCUT2D eigenvalue weighted by atomic mass is 32.2. The Morgan fingerprint density at radius 2 is 1.50 bits per heavy atom. The molecule has 24 heavy (non-hydrogen) atoms. The minimum Gasteiger partial charge on any atom is -0.354 e. The molecule has 2 saturated heterocycles. The van der Waals surface area contributed by atoms with E-state index in [9.17, 15) is 8.42 Å². The van der Waals surface area contributed by atoms with E-state index in [1.165, 1.54) is 10.6 Å². The number of piperazine rings is 2. The second kappa shape index (κ2) is 6.81. The zero-order valence-electron chi connectivity index (χ0n) is 14.6. The van der Waals surface area contributed by atoms with Crippen LogP contribution in [-0.2, 0) is 10.0 Å². The first kappa shape index (κ1) is 17.4. The third-order valence-corrected chi connectivity index (χ3v) is 5.95. The van der Waals surface area contributed by atoms with E-state index in [1.54, 1.807) is 0 Å². The molecule has 9 heteroatoms. The summed E-state index contributed by atoms with van der Waals surface area (Å²) in [6.45, 7) is 8.20. The van der Waals surface area contributed by atoms with E-state index in [0.717, 1.165) is 37.7 Å². The van der Waals surface area contributed by atoms with Crippen molar-refractivity contribution in [3.05, 3.63) is 11.8 Å². The molecular weight excluding hydrogens is 328 g/mol. The fourth-order valence-corrected chi connectivity index (χ4v) is 3.92. The molecule has 0 N–H and O–H groups in total. The molecule has 0 unspecified atom stereocenters. The lowest BCUT2D eigenvalue weighted by Gasteiger charge is -2.35. The topological polar surface area (TPSA) is 72.9 Å². The van der Waals surface area contributed by atoms with E-state index < -0.39 is 10.0 Å². The predicted molar refractivity (Wildman–Crippen MR) is 95.1 cm³/mol. The van der Waals surface area contributed by atoms with Gasteiger partial charge in [-0.25, -0.2) is 13.4 Å². The average Bonchev–Trinajstić information content (AvgIpc) is 2.54. The Morgan fingerprint density at radius 3 is 2.08 bits per heavy atom. The maximum atomic E-state index is 11.6. The minimum absolute atomic E-state index is 0.486. The van der Waals surface area contributed by atoms with Crippen molar-refractivity contribution in [3.8, 4) is 0 Å². The summed E-state index contributed by atoms with van der Waals surface area (Å²) >= 11 is 0. The third-order valence-electron chi connectivity index (χ3n) is 4.65. The second-order valence-corrected chi connectivity index (χ2v) is 8.59. The zero-order valence-corrected chi connectivity index (χ0v) is 15.5. The highest BCUT2D eigenvalue weighted by Crippen LogP contribution is 2.20. The lowest BCUT2D eigenvalue weighted by molar-refractivity contribution is 0.312. The smallest absolute Gasteiger partial charge is 0.227 e. The number of rotatable bonds is 3. The zero-order chi connectivity index (χ0) is 17.3. The first-order valence-electron chi connectivity index (χ1n) is 8.32. The van der Waals surface area contributed by atoms with Gasteiger partial charge in [0.25, 0.3) is 0 Å². The molecule has 1 aromatic rings. The van der Waals surface area contributed by atoms with Gasteiger partial charge in [0.15, 0.2) is 0 Å². The number of aryl methyl sites for hydroxylation is 1. The number of sulfonamides is 1. The van der Waals surface area contributed by atoms with E-state index in [0.29, 0.717) is 32.1 Å². The van der Waals surface area contributed by atoms with E-state index in [-0.39, 0.29) is 0 Å². The van der Waals surface area contributed by atoms with Crippen LogP contribution in [0.5, 0.6) is 0 Å². The molecule has 0 amide bonds. The number of likely N-dealkylation sites (N-methyl/N-ethyl adjacent to an activating group) is 1. The molecule has 2 fully saturated rings. The lowest BCUT2D eigenvalue weighted by Crippen LogP contribution is -2.49. The Balaban J connectivity index is 1.73. The largest absolute Gasteiger partial charge is 0.354 e. The van der Waals surface area contributed by atoms with E-state index in [2.05, 4.69) is 26.7 Å². The first-order valence-corrected chi connectivity index (χ1v) is 10.2. The standard InChI is InChI=1S/C15H26N6O2S/c1-13-12-14(19-6-4-18(2)5-7-19)17-15(16-13)20-8-10-21(11-9-20)24(3,22)23/h12H,4-11H2,1-3H3. The SMILES string of the molecule is Cc1cc(N2CCN(C)CC2)nc(N2CCN(S(C)(=O)=O)CC2)n1. The van der Waals surface area contributed by atoms with Crippen LogP contribution >= 0.6 is 0 Å². The molecule has 3 heterocycles. The molecule has 1 aromatic heterocycles. The van der Waals surface area contributed by atoms with Gasteiger partial charge in [-0.05, 0) is 14.0 Å². The molecular formula is C15H26N6O2S. The van der Waals surface area contributed by atoms with Gasteiger partial charge in [0, 0.05) is 64.1 Å². The van der Waals surface area contributed by atoms with Gasteiger partial charge in [-0.1, -0.05) is 0 Å². The van der Waals surface area contributed by atoms with E-state index in [4.69, 9.17) is 4.98 Å². The summed E-state index contributed by atoms with van der Waals surface area (Å²) in [6, 6.07) is 2.03. The summed E-state index contributed by atoms with van der Waals surface area (Å²) in [5.41, 5.74) is 0.944. The van der Waals surface area contributed by atoms with Crippen LogP contribution in [0.25, 0.3) is 0 Å². The molecule has 2 aliphatic rings. The molecule has 0 aliphatic carbocycles. The summed E-state index contributed by atoms with van der Waals surface area (Å²) in [6.07, 6.45) is 1.26. The highest BCUT2D eigenvalue weighted by molar-refractivity contribution is 7.88. The van der Waals surface area contributed by atoms with Crippen molar-refractivity contribution < 1.29 is 8.42 Å². The van der Waals surface area contributed by atoms with Crippen LogP contribution in [0.1, 0.15) is 5.69 Å². The molecule has 8 nitrogen and oxygen atoms in total. The van der Waals surface area contributed by atoms with Gasteiger partial charge < -0.3 is 14.7 Å². The van der Waals surface area contributed by atoms with Crippen molar-refractivity contribution in [1.82, 2.24) is 19.2 Å². The van der Waals surface area contributed by atoms with Crippen LogP contribution in [0.3, 0.4) is 0 Å². The fraction of sp³-hybridized carbons (Fsp3) is 0.733. The van der Waals surface area contributed by atoms with Crippen LogP contribution in [0.4, 0.5) is 11.8 Å². The molecule has 0 saturated carbocycles. The Kier molecular flexibility index (Phi) is 4.93. The molecule has 0 spiro atoms. The molecule has 2 aliphatic heterocycles. The number of hydrogen-bond acceptors (Lipinski definition) is 7. The molecule has 0 aromatic carbocycles. The van der Waals surface area contributed by atoms with Crippen molar-refractivity contribution in [2.45, 2.75) is 6.92 Å². The number of aromatic nitrogens is 2. The summed E-state index contributed by atoms with van der Waals surface area (Å²) in [5, 5.41) is 0. The van der Waals surface area contributed by atoms with Crippen LogP contribution < -0.4 is 9.80 Å². The van der Waals surface area contributed by atoms with E-state index in [1.807, 2.05) is 13.0 Å². The number of anilines is 2. The van der Waals surface area contributed by atoms with Gasteiger partial charge >= 0.3 is 0 Å². The van der Waals surface area contributed by atoms with Gasteiger partial charge in [-0.2, -0.15) is 9.29 Å². The predicted octanol–water partition coefficient (Wildman–Crippen LogP) is -0.382. The van der Waals surface area contributed by atoms with Gasteiger partial charge in [0.05, 0.1) is 6.26 Å². The third kappa shape index (κ3) is 3.96. The fourth-order valence-electron chi connectivity index (χ4n) is 3.10. The second-order valence-electron chi connectivity index (χ2n) is 6.61. The summed E-state index contributed by atoms with van der Waals surface area (Å²) < 4.78 is 24.8. The van der Waals surface area contributed by atoms with Crippen LogP contribution in [0.2, 0.25) is 0 Å². The van der Waals surface area contributed by atoms with Gasteiger partial charge in [0.1, 0.15) is 5.82 Å². The van der Waals surface area contributed by atoms with Crippen molar-refractivity contribution in [3.63, 3.8) is 0 Å². The molecule has 3 rings (SSSR count). The molecule has 0 bridgehead atoms. The van der Waals surface area contributed by atoms with Gasteiger partial charge in [-0.3, -0.25) is 0 Å². The Labute approximate surface area is 144 Å². The quantitative estimate of drug-likeness (QED) is 0.732. The Hall–Kier alpha value is -1.45. The van der Waals surface area contributed by atoms with E-state index >= 15 is 0 Å². The van der Waals surface area contributed by atoms with Gasteiger partial charge in [-0.15, -0.1) is 0 Å². The first-order chi connectivity index (χ1) is 11.3. The monoisotopic (exact) mass is 354 g/mol. The van der Waals surface area contributed by atoms with Crippen molar-refractivity contribution in [1.29, 1.82) is 0 Å². The van der Waals surface area contributed by atoms with Crippen molar-refractivity contribution in [2.75, 3.05) is 75.5 Å².